The van der Waals surface area contributed by atoms with E-state index in [9.17, 15) is 0 Å². The van der Waals surface area contributed by atoms with Gasteiger partial charge >= 0.3 is 0 Å². The van der Waals surface area contributed by atoms with Gasteiger partial charge in [-0.25, -0.2) is 0 Å². The molecule has 0 amide bonds. The van der Waals surface area contributed by atoms with Crippen LogP contribution in [0.25, 0.3) is 0 Å². The molecule has 2 heteroatoms. The molecule has 84 valence electrons. The molecular weight excluding hydrogens is 188 g/mol. The molecular formula is C13H20O2. The van der Waals surface area contributed by atoms with Crippen LogP contribution in [-0.2, 0) is 9.47 Å². The molecule has 0 aromatic heterocycles. The van der Waals surface area contributed by atoms with E-state index in [2.05, 4.69) is 31.2 Å². The second-order valence-electron chi connectivity index (χ2n) is 3.91. The van der Waals surface area contributed by atoms with Gasteiger partial charge in [0, 0.05) is 13.0 Å². The van der Waals surface area contributed by atoms with E-state index in [1.807, 2.05) is 13.0 Å². The van der Waals surface area contributed by atoms with Crippen molar-refractivity contribution in [1.82, 2.24) is 0 Å². The van der Waals surface area contributed by atoms with Gasteiger partial charge in [0.05, 0.1) is 19.3 Å². The molecule has 1 rings (SSSR count). The lowest BCUT2D eigenvalue weighted by Crippen LogP contribution is -2.17. The Morgan fingerprint density at radius 2 is 1.73 bits per heavy atom. The molecule has 0 aliphatic rings. The molecule has 1 aromatic rings. The van der Waals surface area contributed by atoms with Crippen LogP contribution in [0.2, 0.25) is 0 Å². The van der Waals surface area contributed by atoms with Gasteiger partial charge in [0.2, 0.25) is 0 Å². The molecule has 2 unspecified atom stereocenters. The lowest BCUT2D eigenvalue weighted by atomic mass is 10.0. The second-order valence-corrected chi connectivity index (χ2v) is 3.91. The minimum Gasteiger partial charge on any atom is -0.382 e. The Bertz CT molecular complexity index is 258. The van der Waals surface area contributed by atoms with Crippen LogP contribution in [0.1, 0.15) is 25.3 Å². The maximum atomic E-state index is 5.67. The van der Waals surface area contributed by atoms with Crippen molar-refractivity contribution in [3.8, 4) is 0 Å². The highest BCUT2D eigenvalue weighted by Gasteiger charge is 2.07. The summed E-state index contributed by atoms with van der Waals surface area (Å²) in [6.45, 7) is 5.60. The Hall–Kier alpha value is -0.860. The summed E-state index contributed by atoms with van der Waals surface area (Å²) >= 11 is 0. The summed E-state index contributed by atoms with van der Waals surface area (Å²) in [5.74, 6) is 0.436. The van der Waals surface area contributed by atoms with E-state index in [1.54, 1.807) is 7.11 Å². The summed E-state index contributed by atoms with van der Waals surface area (Å²) in [5.41, 5.74) is 1.32. The largest absolute Gasteiger partial charge is 0.382 e. The second kappa shape index (κ2) is 6.59. The highest BCUT2D eigenvalue weighted by Crippen LogP contribution is 2.15. The molecule has 15 heavy (non-hydrogen) atoms. The third kappa shape index (κ3) is 4.45. The smallest absolute Gasteiger partial charge is 0.0780 e. The lowest BCUT2D eigenvalue weighted by molar-refractivity contribution is 0.00436. The van der Waals surface area contributed by atoms with Gasteiger partial charge in [-0.05, 0) is 12.5 Å². The minimum absolute atomic E-state index is 0.168. The number of hydrogen-bond donors (Lipinski definition) is 0. The van der Waals surface area contributed by atoms with Crippen molar-refractivity contribution in [2.75, 3.05) is 20.3 Å². The molecule has 0 aliphatic carbocycles. The van der Waals surface area contributed by atoms with E-state index in [4.69, 9.17) is 9.47 Å². The van der Waals surface area contributed by atoms with Crippen LogP contribution in [0.4, 0.5) is 0 Å². The lowest BCUT2D eigenvalue weighted by Gasteiger charge is -2.16. The Kier molecular flexibility index (Phi) is 5.37. The first-order chi connectivity index (χ1) is 7.24. The summed E-state index contributed by atoms with van der Waals surface area (Å²) < 4.78 is 10.7. The van der Waals surface area contributed by atoms with Crippen LogP contribution in [0.15, 0.2) is 30.3 Å². The fraction of sp³-hybridized carbons (Fsp3) is 0.538. The molecule has 0 spiro atoms. The molecule has 2 nitrogen and oxygen atoms in total. The molecule has 0 saturated heterocycles. The number of ether oxygens (including phenoxy) is 2. The van der Waals surface area contributed by atoms with Crippen LogP contribution >= 0.6 is 0 Å². The van der Waals surface area contributed by atoms with Crippen molar-refractivity contribution in [1.29, 1.82) is 0 Å². The summed E-state index contributed by atoms with van der Waals surface area (Å²) in [5, 5.41) is 0. The molecule has 1 aromatic carbocycles. The average Bonchev–Trinajstić information content (AvgIpc) is 2.27. The first-order valence-corrected chi connectivity index (χ1v) is 5.39. The predicted molar refractivity (Wildman–Crippen MR) is 62.1 cm³/mol. The summed E-state index contributed by atoms with van der Waals surface area (Å²) in [4.78, 5) is 0. The van der Waals surface area contributed by atoms with Crippen molar-refractivity contribution >= 4 is 0 Å². The van der Waals surface area contributed by atoms with Crippen LogP contribution in [0, 0.1) is 0 Å². The third-order valence-electron chi connectivity index (χ3n) is 2.40. The van der Waals surface area contributed by atoms with Gasteiger partial charge in [0.1, 0.15) is 0 Å². The van der Waals surface area contributed by atoms with Crippen LogP contribution in [0.5, 0.6) is 0 Å². The van der Waals surface area contributed by atoms with Gasteiger partial charge in [-0.1, -0.05) is 37.3 Å². The first-order valence-electron chi connectivity index (χ1n) is 5.39. The molecule has 0 bridgehead atoms. The molecule has 2 atom stereocenters. The fourth-order valence-corrected chi connectivity index (χ4v) is 1.47. The molecule has 0 radical (unpaired) electrons. The molecule has 0 aliphatic heterocycles. The standard InChI is InChI=1S/C13H20O2/c1-11(9-15-12(2)10-14-3)13-7-5-4-6-8-13/h4-8,11-12H,9-10H2,1-3H3. The van der Waals surface area contributed by atoms with Gasteiger partial charge in [-0.2, -0.15) is 0 Å². The van der Waals surface area contributed by atoms with Crippen molar-refractivity contribution in [3.05, 3.63) is 35.9 Å². The number of methoxy groups -OCH3 is 1. The quantitative estimate of drug-likeness (QED) is 0.715. The van der Waals surface area contributed by atoms with E-state index in [0.717, 1.165) is 6.61 Å². The zero-order valence-electron chi connectivity index (χ0n) is 9.77. The van der Waals surface area contributed by atoms with Gasteiger partial charge in [-0.3, -0.25) is 0 Å². The topological polar surface area (TPSA) is 18.5 Å². The maximum Gasteiger partial charge on any atom is 0.0780 e. The van der Waals surface area contributed by atoms with Crippen molar-refractivity contribution < 1.29 is 9.47 Å². The summed E-state index contributed by atoms with van der Waals surface area (Å²) in [7, 11) is 1.69. The summed E-state index contributed by atoms with van der Waals surface area (Å²) in [6.07, 6.45) is 0.168. The van der Waals surface area contributed by atoms with Gasteiger partial charge in [0.25, 0.3) is 0 Å². The number of hydrogen-bond acceptors (Lipinski definition) is 2. The average molecular weight is 208 g/mol. The molecule has 0 heterocycles. The molecule has 0 saturated carbocycles. The van der Waals surface area contributed by atoms with E-state index < -0.39 is 0 Å². The van der Waals surface area contributed by atoms with E-state index in [1.165, 1.54) is 5.56 Å². The minimum atomic E-state index is 0.168. The normalized spacial score (nSPS) is 14.9. The highest BCUT2D eigenvalue weighted by atomic mass is 16.5. The van der Waals surface area contributed by atoms with Crippen LogP contribution in [-0.4, -0.2) is 26.4 Å². The van der Waals surface area contributed by atoms with Gasteiger partial charge < -0.3 is 9.47 Å². The zero-order chi connectivity index (χ0) is 11.1. The van der Waals surface area contributed by atoms with Crippen molar-refractivity contribution in [2.24, 2.45) is 0 Å². The van der Waals surface area contributed by atoms with E-state index in [0.29, 0.717) is 12.5 Å². The van der Waals surface area contributed by atoms with E-state index in [-0.39, 0.29) is 6.10 Å². The van der Waals surface area contributed by atoms with Crippen LogP contribution < -0.4 is 0 Å². The Morgan fingerprint density at radius 3 is 2.33 bits per heavy atom. The molecule has 0 N–H and O–H groups in total. The predicted octanol–water partition coefficient (Wildman–Crippen LogP) is 2.84. The van der Waals surface area contributed by atoms with Crippen molar-refractivity contribution in [2.45, 2.75) is 25.9 Å². The zero-order valence-corrected chi connectivity index (χ0v) is 9.77. The Balaban J connectivity index is 2.33. The monoisotopic (exact) mass is 208 g/mol. The fourth-order valence-electron chi connectivity index (χ4n) is 1.47. The Labute approximate surface area is 92.2 Å². The third-order valence-corrected chi connectivity index (χ3v) is 2.40. The first kappa shape index (κ1) is 12.2. The SMILES string of the molecule is COCC(C)OCC(C)c1ccccc1. The molecule has 0 fully saturated rings. The van der Waals surface area contributed by atoms with Gasteiger partial charge in [-0.15, -0.1) is 0 Å². The number of rotatable bonds is 6. The Morgan fingerprint density at radius 1 is 1.07 bits per heavy atom. The van der Waals surface area contributed by atoms with Gasteiger partial charge in [0.15, 0.2) is 0 Å². The van der Waals surface area contributed by atoms with Crippen LogP contribution in [0.3, 0.4) is 0 Å². The highest BCUT2D eigenvalue weighted by molar-refractivity contribution is 5.18. The number of benzene rings is 1. The maximum absolute atomic E-state index is 5.67. The summed E-state index contributed by atoms with van der Waals surface area (Å²) in [6, 6.07) is 10.4. The van der Waals surface area contributed by atoms with E-state index >= 15 is 0 Å². The van der Waals surface area contributed by atoms with Crippen molar-refractivity contribution in [3.63, 3.8) is 0 Å².